The second-order valence-corrected chi connectivity index (χ2v) is 5.44. The molecule has 0 saturated carbocycles. The van der Waals surface area contributed by atoms with E-state index in [1.165, 1.54) is 0 Å². The predicted octanol–water partition coefficient (Wildman–Crippen LogP) is 4.50. The van der Waals surface area contributed by atoms with Crippen LogP contribution in [0.4, 0.5) is 0 Å². The van der Waals surface area contributed by atoms with Gasteiger partial charge in [0, 0.05) is 11.1 Å². The third-order valence-electron chi connectivity index (χ3n) is 3.25. The maximum Gasteiger partial charge on any atom is 0.125 e. The maximum atomic E-state index is 10.4. The minimum Gasteiger partial charge on any atom is -0.489 e. The molecule has 0 aliphatic carbocycles. The van der Waals surface area contributed by atoms with E-state index >= 15 is 0 Å². The Labute approximate surface area is 127 Å². The largest absolute Gasteiger partial charge is 0.489 e. The summed E-state index contributed by atoms with van der Waals surface area (Å²) < 4.78 is 5.65. The van der Waals surface area contributed by atoms with Gasteiger partial charge in [-0.2, -0.15) is 0 Å². The van der Waals surface area contributed by atoms with Crippen molar-refractivity contribution in [1.29, 1.82) is 0 Å². The summed E-state index contributed by atoms with van der Waals surface area (Å²) in [5, 5.41) is 11.4. The van der Waals surface area contributed by atoms with Crippen molar-refractivity contribution < 1.29 is 9.84 Å². The second kappa shape index (κ2) is 5.49. The molecule has 1 aliphatic heterocycles. The molecule has 0 radical (unpaired) electrons. The molecule has 4 heteroatoms. The van der Waals surface area contributed by atoms with Gasteiger partial charge in [-0.3, -0.25) is 0 Å². The first kappa shape index (κ1) is 13.5. The summed E-state index contributed by atoms with van der Waals surface area (Å²) in [5.41, 5.74) is 2.46. The number of ether oxygens (including phenoxy) is 1. The Balaban J connectivity index is 1.95. The van der Waals surface area contributed by atoms with Crippen molar-refractivity contribution in [3.8, 4) is 5.75 Å². The predicted molar refractivity (Wildman–Crippen MR) is 81.3 cm³/mol. The number of aliphatic hydroxyl groups is 1. The Morgan fingerprint density at radius 1 is 1.10 bits per heavy atom. The minimum atomic E-state index is -0.658. The van der Waals surface area contributed by atoms with E-state index in [0.717, 1.165) is 22.4 Å². The molecule has 2 aromatic carbocycles. The highest BCUT2D eigenvalue weighted by Crippen LogP contribution is 2.35. The average Bonchev–Trinajstić information content (AvgIpc) is 2.46. The molecule has 2 aromatic rings. The molecule has 3 rings (SSSR count). The average molecular weight is 307 g/mol. The van der Waals surface area contributed by atoms with Crippen molar-refractivity contribution in [3.05, 3.63) is 69.2 Å². The maximum absolute atomic E-state index is 10.4. The number of benzene rings is 2. The van der Waals surface area contributed by atoms with Crippen LogP contribution in [0.5, 0.6) is 5.75 Å². The minimum absolute atomic E-state index is 0.360. The third kappa shape index (κ3) is 2.55. The number of fused-ring (bicyclic) bond motifs is 1. The van der Waals surface area contributed by atoms with Gasteiger partial charge in [0.15, 0.2) is 0 Å². The third-order valence-corrected chi connectivity index (χ3v) is 3.99. The molecule has 0 bridgehead atoms. The molecule has 1 heterocycles. The van der Waals surface area contributed by atoms with Crippen molar-refractivity contribution in [2.45, 2.75) is 6.10 Å². The van der Waals surface area contributed by atoms with E-state index in [2.05, 4.69) is 0 Å². The summed E-state index contributed by atoms with van der Waals surface area (Å²) >= 11 is 11.9. The number of hydrogen-bond acceptors (Lipinski definition) is 2. The van der Waals surface area contributed by atoms with Crippen molar-refractivity contribution >= 4 is 29.3 Å². The molecule has 0 spiro atoms. The zero-order valence-corrected chi connectivity index (χ0v) is 12.0. The van der Waals surface area contributed by atoms with E-state index in [1.54, 1.807) is 12.1 Å². The molecular formula is C16H12Cl2O2. The molecule has 0 unspecified atom stereocenters. The molecule has 0 amide bonds. The zero-order chi connectivity index (χ0) is 14.1. The lowest BCUT2D eigenvalue weighted by molar-refractivity contribution is 0.172. The van der Waals surface area contributed by atoms with Crippen LogP contribution in [-0.2, 0) is 0 Å². The van der Waals surface area contributed by atoms with Crippen molar-refractivity contribution in [1.82, 2.24) is 0 Å². The van der Waals surface area contributed by atoms with Crippen LogP contribution < -0.4 is 4.74 Å². The second-order valence-electron chi connectivity index (χ2n) is 4.62. The van der Waals surface area contributed by atoms with Gasteiger partial charge in [0.2, 0.25) is 0 Å². The van der Waals surface area contributed by atoms with Gasteiger partial charge in [-0.05, 0) is 29.8 Å². The molecule has 2 nitrogen and oxygen atoms in total. The molecule has 0 fully saturated rings. The number of hydrogen-bond donors (Lipinski definition) is 1. The van der Waals surface area contributed by atoms with Crippen molar-refractivity contribution in [3.63, 3.8) is 0 Å². The summed E-state index contributed by atoms with van der Waals surface area (Å²) in [7, 11) is 0. The van der Waals surface area contributed by atoms with Crippen LogP contribution in [0, 0.1) is 0 Å². The SMILES string of the molecule is O[C@H]1/C(=C/c2ccc(Cl)c(Cl)c2)COc2ccccc21. The monoisotopic (exact) mass is 306 g/mol. The van der Waals surface area contributed by atoms with Crippen LogP contribution in [0.3, 0.4) is 0 Å². The first-order valence-electron chi connectivity index (χ1n) is 6.20. The van der Waals surface area contributed by atoms with Crippen LogP contribution in [0.2, 0.25) is 10.0 Å². The van der Waals surface area contributed by atoms with Gasteiger partial charge in [0.05, 0.1) is 10.0 Å². The highest BCUT2D eigenvalue weighted by Gasteiger charge is 2.23. The fraction of sp³-hybridized carbons (Fsp3) is 0.125. The van der Waals surface area contributed by atoms with Crippen LogP contribution >= 0.6 is 23.2 Å². The van der Waals surface area contributed by atoms with Gasteiger partial charge in [0.25, 0.3) is 0 Å². The Morgan fingerprint density at radius 3 is 2.70 bits per heavy atom. The van der Waals surface area contributed by atoms with E-state index in [0.29, 0.717) is 16.7 Å². The molecule has 0 aromatic heterocycles. The Hall–Kier alpha value is -1.48. The van der Waals surface area contributed by atoms with Gasteiger partial charge in [-0.25, -0.2) is 0 Å². The van der Waals surface area contributed by atoms with Crippen molar-refractivity contribution in [2.24, 2.45) is 0 Å². The summed E-state index contributed by atoms with van der Waals surface area (Å²) in [6.07, 6.45) is 1.22. The van der Waals surface area contributed by atoms with Gasteiger partial charge >= 0.3 is 0 Å². The highest BCUT2D eigenvalue weighted by molar-refractivity contribution is 6.42. The topological polar surface area (TPSA) is 29.5 Å². The summed E-state index contributed by atoms with van der Waals surface area (Å²) in [5.74, 6) is 0.728. The lowest BCUT2D eigenvalue weighted by Crippen LogP contribution is -2.17. The quantitative estimate of drug-likeness (QED) is 0.840. The zero-order valence-electron chi connectivity index (χ0n) is 10.5. The summed E-state index contributed by atoms with van der Waals surface area (Å²) in [6.45, 7) is 0.360. The molecule has 1 aliphatic rings. The van der Waals surface area contributed by atoms with E-state index in [4.69, 9.17) is 27.9 Å². The first-order valence-corrected chi connectivity index (χ1v) is 6.96. The number of rotatable bonds is 1. The highest BCUT2D eigenvalue weighted by atomic mass is 35.5. The van der Waals surface area contributed by atoms with Crippen LogP contribution in [0.1, 0.15) is 17.2 Å². The van der Waals surface area contributed by atoms with Gasteiger partial charge in [-0.1, -0.05) is 47.5 Å². The standard InChI is InChI=1S/C16H12Cl2O2/c17-13-6-5-10(8-14(13)18)7-11-9-20-15-4-2-1-3-12(15)16(11)19/h1-8,16,19H,9H2/b11-7+/t16-/m0/s1. The molecular weight excluding hydrogens is 295 g/mol. The van der Waals surface area contributed by atoms with Gasteiger partial charge in [-0.15, -0.1) is 0 Å². The molecule has 1 atom stereocenters. The Kier molecular flexibility index (Phi) is 3.70. The van der Waals surface area contributed by atoms with Gasteiger partial charge < -0.3 is 9.84 Å². The smallest absolute Gasteiger partial charge is 0.125 e. The lowest BCUT2D eigenvalue weighted by Gasteiger charge is -2.25. The first-order chi connectivity index (χ1) is 9.65. The van der Waals surface area contributed by atoms with Crippen LogP contribution in [-0.4, -0.2) is 11.7 Å². The normalized spacial score (nSPS) is 19.6. The number of aliphatic hydroxyl groups excluding tert-OH is 1. The van der Waals surface area contributed by atoms with Crippen molar-refractivity contribution in [2.75, 3.05) is 6.61 Å². The molecule has 1 N–H and O–H groups in total. The van der Waals surface area contributed by atoms with E-state index in [9.17, 15) is 5.11 Å². The fourth-order valence-corrected chi connectivity index (χ4v) is 2.52. The Morgan fingerprint density at radius 2 is 1.90 bits per heavy atom. The fourth-order valence-electron chi connectivity index (χ4n) is 2.21. The number of para-hydroxylation sites is 1. The van der Waals surface area contributed by atoms with E-state index in [1.807, 2.05) is 36.4 Å². The summed E-state index contributed by atoms with van der Waals surface area (Å²) in [6, 6.07) is 12.8. The molecule has 20 heavy (non-hydrogen) atoms. The Bertz CT molecular complexity index is 680. The lowest BCUT2D eigenvalue weighted by atomic mass is 9.97. The summed E-state index contributed by atoms with van der Waals surface area (Å²) in [4.78, 5) is 0. The van der Waals surface area contributed by atoms with E-state index in [-0.39, 0.29) is 0 Å². The molecule has 102 valence electrons. The van der Waals surface area contributed by atoms with Crippen LogP contribution in [0.15, 0.2) is 48.0 Å². The number of halogens is 2. The van der Waals surface area contributed by atoms with Crippen LogP contribution in [0.25, 0.3) is 6.08 Å². The molecule has 0 saturated heterocycles. The van der Waals surface area contributed by atoms with Gasteiger partial charge in [0.1, 0.15) is 18.5 Å². The van der Waals surface area contributed by atoms with E-state index < -0.39 is 6.10 Å².